The fourth-order valence-electron chi connectivity index (χ4n) is 2.77. The Balaban J connectivity index is 1.57. The molecule has 0 aliphatic heterocycles. The molecule has 0 bridgehead atoms. The van der Waals surface area contributed by atoms with Crippen LogP contribution in [-0.4, -0.2) is 40.1 Å². The highest BCUT2D eigenvalue weighted by atomic mass is 16.5. The first kappa shape index (κ1) is 20.1. The molecule has 0 spiro atoms. The van der Waals surface area contributed by atoms with Crippen LogP contribution in [0.3, 0.4) is 0 Å². The van der Waals surface area contributed by atoms with E-state index in [-0.39, 0.29) is 24.5 Å². The molecule has 0 saturated heterocycles. The number of pyridine rings is 1. The smallest absolute Gasteiger partial charge is 0.290 e. The zero-order valence-corrected chi connectivity index (χ0v) is 16.5. The second-order valence-corrected chi connectivity index (χ2v) is 6.75. The fourth-order valence-corrected chi connectivity index (χ4v) is 2.77. The lowest BCUT2D eigenvalue weighted by Crippen LogP contribution is -2.34. The molecule has 150 valence electrons. The van der Waals surface area contributed by atoms with Crippen LogP contribution in [0.4, 0.5) is 0 Å². The van der Waals surface area contributed by atoms with Crippen LogP contribution in [0.1, 0.15) is 35.6 Å². The minimum atomic E-state index is -0.339. The molecule has 0 radical (unpaired) electrons. The molecule has 3 rings (SSSR count). The van der Waals surface area contributed by atoms with Gasteiger partial charge in [0.15, 0.2) is 6.61 Å². The van der Waals surface area contributed by atoms with E-state index in [0.29, 0.717) is 22.8 Å². The van der Waals surface area contributed by atoms with Crippen molar-refractivity contribution in [2.24, 2.45) is 5.10 Å². The molecule has 0 aliphatic carbocycles. The second kappa shape index (κ2) is 9.01. The average molecular weight is 393 g/mol. The van der Waals surface area contributed by atoms with E-state index >= 15 is 0 Å². The number of nitrogens with one attached hydrogen (secondary N) is 2. The Labute approximate surface area is 168 Å². The summed E-state index contributed by atoms with van der Waals surface area (Å²) in [5.41, 5.74) is 5.08. The van der Waals surface area contributed by atoms with Gasteiger partial charge in [-0.3, -0.25) is 14.0 Å². The number of aromatic nitrogens is 2. The quantitative estimate of drug-likeness (QED) is 0.475. The van der Waals surface area contributed by atoms with Gasteiger partial charge in [0.05, 0.1) is 11.9 Å². The number of fused-ring (bicyclic) bond motifs is 1. The molecule has 0 saturated carbocycles. The highest BCUT2D eigenvalue weighted by Crippen LogP contribution is 2.12. The maximum atomic E-state index is 12.5. The third kappa shape index (κ3) is 5.19. The van der Waals surface area contributed by atoms with Gasteiger partial charge in [0.2, 0.25) is 0 Å². The maximum Gasteiger partial charge on any atom is 0.290 e. The van der Waals surface area contributed by atoms with E-state index in [2.05, 4.69) is 20.8 Å². The predicted octanol–water partition coefficient (Wildman–Crippen LogP) is 2.31. The minimum Gasteiger partial charge on any atom is -0.484 e. The number of amides is 2. The van der Waals surface area contributed by atoms with E-state index in [1.54, 1.807) is 41.8 Å². The minimum absolute atomic E-state index is 0.0413. The summed E-state index contributed by atoms with van der Waals surface area (Å²) in [6.07, 6.45) is 3.32. The first-order chi connectivity index (χ1) is 13.9. The molecule has 2 aromatic heterocycles. The van der Waals surface area contributed by atoms with Crippen LogP contribution in [-0.2, 0) is 4.79 Å². The van der Waals surface area contributed by atoms with Gasteiger partial charge in [-0.1, -0.05) is 6.07 Å². The number of rotatable bonds is 7. The van der Waals surface area contributed by atoms with Crippen LogP contribution in [0.15, 0.2) is 53.8 Å². The summed E-state index contributed by atoms with van der Waals surface area (Å²) in [5.74, 6) is 0.0658. The molecule has 3 aromatic rings. The van der Waals surface area contributed by atoms with Crippen LogP contribution >= 0.6 is 0 Å². The Bertz CT molecular complexity index is 1040. The number of aryl methyl sites for hydroxylation is 1. The van der Waals surface area contributed by atoms with Gasteiger partial charge in [0.25, 0.3) is 11.8 Å². The van der Waals surface area contributed by atoms with Crippen LogP contribution in [0.5, 0.6) is 5.75 Å². The van der Waals surface area contributed by atoms with Gasteiger partial charge in [0, 0.05) is 12.2 Å². The summed E-state index contributed by atoms with van der Waals surface area (Å²) in [6.45, 7) is 5.52. The number of carbonyl (C=O) groups excluding carboxylic acids is 2. The molecule has 0 unspecified atom stereocenters. The molecule has 2 heterocycles. The zero-order chi connectivity index (χ0) is 20.8. The zero-order valence-electron chi connectivity index (χ0n) is 16.5. The maximum absolute atomic E-state index is 12.5. The summed E-state index contributed by atoms with van der Waals surface area (Å²) < 4.78 is 7.16. The van der Waals surface area contributed by atoms with Crippen LogP contribution < -0.4 is 15.5 Å². The highest BCUT2D eigenvalue weighted by Gasteiger charge is 2.15. The van der Waals surface area contributed by atoms with E-state index < -0.39 is 0 Å². The normalized spacial score (nSPS) is 11.2. The molecular weight excluding hydrogens is 370 g/mol. The molecule has 2 N–H and O–H groups in total. The van der Waals surface area contributed by atoms with Crippen LogP contribution in [0.25, 0.3) is 5.65 Å². The molecule has 0 fully saturated rings. The molecule has 2 amide bonds. The molecule has 29 heavy (non-hydrogen) atoms. The number of benzene rings is 1. The van der Waals surface area contributed by atoms with E-state index in [1.165, 1.54) is 6.21 Å². The SMILES string of the molecule is Cc1nc2ccccn2c1C(=O)N/N=C\c1ccc(OCC(=O)NC(C)C)cc1. The van der Waals surface area contributed by atoms with E-state index in [0.717, 1.165) is 5.56 Å². The third-order valence-corrected chi connectivity index (χ3v) is 4.00. The summed E-state index contributed by atoms with van der Waals surface area (Å²) in [4.78, 5) is 28.4. The van der Waals surface area contributed by atoms with Crippen molar-refractivity contribution in [2.45, 2.75) is 26.8 Å². The first-order valence-corrected chi connectivity index (χ1v) is 9.23. The number of carbonyl (C=O) groups is 2. The molecular formula is C21H23N5O3. The number of hydrogen-bond acceptors (Lipinski definition) is 5. The highest BCUT2D eigenvalue weighted by molar-refractivity contribution is 5.95. The Hall–Kier alpha value is -3.68. The largest absolute Gasteiger partial charge is 0.484 e. The molecule has 0 atom stereocenters. The molecule has 8 heteroatoms. The lowest BCUT2D eigenvalue weighted by molar-refractivity contribution is -0.123. The van der Waals surface area contributed by atoms with E-state index in [1.807, 2.05) is 32.0 Å². The molecule has 8 nitrogen and oxygen atoms in total. The van der Waals surface area contributed by atoms with Crippen LogP contribution in [0, 0.1) is 6.92 Å². The van der Waals surface area contributed by atoms with Gasteiger partial charge >= 0.3 is 0 Å². The Morgan fingerprint density at radius 3 is 2.69 bits per heavy atom. The number of hydrogen-bond donors (Lipinski definition) is 2. The van der Waals surface area contributed by atoms with Crippen molar-refractivity contribution >= 4 is 23.7 Å². The standard InChI is InChI=1S/C21H23N5O3/c1-14(2)23-19(27)13-29-17-9-7-16(8-10-17)12-22-25-21(28)20-15(3)24-18-6-4-5-11-26(18)20/h4-12,14H,13H2,1-3H3,(H,23,27)(H,25,28)/b22-12-. The van der Waals surface area contributed by atoms with E-state index in [9.17, 15) is 9.59 Å². The van der Waals surface area contributed by atoms with Crippen molar-refractivity contribution < 1.29 is 14.3 Å². The number of nitrogens with zero attached hydrogens (tertiary/aromatic N) is 3. The monoisotopic (exact) mass is 393 g/mol. The van der Waals surface area contributed by atoms with Gasteiger partial charge in [-0.25, -0.2) is 10.4 Å². The van der Waals surface area contributed by atoms with Crippen molar-refractivity contribution in [1.82, 2.24) is 20.1 Å². The van der Waals surface area contributed by atoms with Crippen molar-refractivity contribution in [2.75, 3.05) is 6.61 Å². The van der Waals surface area contributed by atoms with Gasteiger partial charge in [-0.2, -0.15) is 5.10 Å². The van der Waals surface area contributed by atoms with Gasteiger partial charge in [0.1, 0.15) is 17.1 Å². The van der Waals surface area contributed by atoms with Crippen molar-refractivity contribution in [1.29, 1.82) is 0 Å². The number of hydrazone groups is 1. The Kier molecular flexibility index (Phi) is 6.23. The second-order valence-electron chi connectivity index (χ2n) is 6.75. The first-order valence-electron chi connectivity index (χ1n) is 9.23. The molecule has 0 aliphatic rings. The number of imidazole rings is 1. The fraction of sp³-hybridized carbons (Fsp3) is 0.238. The lowest BCUT2D eigenvalue weighted by Gasteiger charge is -2.09. The van der Waals surface area contributed by atoms with Crippen molar-refractivity contribution in [3.05, 3.63) is 65.6 Å². The Morgan fingerprint density at radius 1 is 1.21 bits per heavy atom. The van der Waals surface area contributed by atoms with Crippen molar-refractivity contribution in [3.63, 3.8) is 0 Å². The van der Waals surface area contributed by atoms with E-state index in [4.69, 9.17) is 4.74 Å². The summed E-state index contributed by atoms with van der Waals surface area (Å²) in [7, 11) is 0. The summed E-state index contributed by atoms with van der Waals surface area (Å²) >= 11 is 0. The van der Waals surface area contributed by atoms with Crippen LogP contribution in [0.2, 0.25) is 0 Å². The third-order valence-electron chi connectivity index (χ3n) is 4.00. The Morgan fingerprint density at radius 2 is 1.97 bits per heavy atom. The average Bonchev–Trinajstić information content (AvgIpc) is 3.02. The topological polar surface area (TPSA) is 97.1 Å². The van der Waals surface area contributed by atoms with Gasteiger partial charge < -0.3 is 10.1 Å². The predicted molar refractivity (Wildman–Crippen MR) is 110 cm³/mol. The van der Waals surface area contributed by atoms with Gasteiger partial charge in [-0.05, 0) is 62.7 Å². The molecule has 1 aromatic carbocycles. The van der Waals surface area contributed by atoms with Crippen molar-refractivity contribution in [3.8, 4) is 5.75 Å². The summed E-state index contributed by atoms with van der Waals surface area (Å²) in [6, 6.07) is 12.7. The number of ether oxygens (including phenoxy) is 1. The summed E-state index contributed by atoms with van der Waals surface area (Å²) in [5, 5.41) is 6.77. The van der Waals surface area contributed by atoms with Gasteiger partial charge in [-0.15, -0.1) is 0 Å². The lowest BCUT2D eigenvalue weighted by atomic mass is 10.2.